The molecule has 1 amide bonds. The van der Waals surface area contributed by atoms with Crippen molar-refractivity contribution in [3.63, 3.8) is 0 Å². The van der Waals surface area contributed by atoms with Crippen LogP contribution in [-0.2, 0) is 10.0 Å². The first-order valence-corrected chi connectivity index (χ1v) is 11.1. The smallest absolute Gasteiger partial charge is 0.286 e. The van der Waals surface area contributed by atoms with Gasteiger partial charge in [-0.15, -0.1) is 10.2 Å². The summed E-state index contributed by atoms with van der Waals surface area (Å²) >= 11 is 7.04. The van der Waals surface area contributed by atoms with Crippen LogP contribution in [0.15, 0.2) is 24.3 Å². The number of amides is 1. The van der Waals surface area contributed by atoms with Gasteiger partial charge in [0.25, 0.3) is 5.91 Å². The number of benzene rings is 1. The molecule has 0 spiro atoms. The quantitative estimate of drug-likeness (QED) is 0.782. The molecule has 1 aliphatic rings. The van der Waals surface area contributed by atoms with E-state index in [-0.39, 0.29) is 16.8 Å². The molecule has 0 aliphatic carbocycles. The molecule has 1 saturated heterocycles. The van der Waals surface area contributed by atoms with Gasteiger partial charge in [0.1, 0.15) is 5.01 Å². The van der Waals surface area contributed by atoms with Gasteiger partial charge in [-0.05, 0) is 37.5 Å². The number of aromatic nitrogens is 2. The van der Waals surface area contributed by atoms with E-state index in [1.165, 1.54) is 4.31 Å². The predicted molar refractivity (Wildman–Crippen MR) is 102 cm³/mol. The van der Waals surface area contributed by atoms with E-state index in [1.54, 1.807) is 24.3 Å². The summed E-state index contributed by atoms with van der Waals surface area (Å²) in [6, 6.07) is 6.47. The molecular formula is C16H19ClN4O3S2. The van der Waals surface area contributed by atoms with Gasteiger partial charge >= 0.3 is 0 Å². The van der Waals surface area contributed by atoms with Crippen LogP contribution in [0, 0.1) is 0 Å². The molecule has 0 radical (unpaired) electrons. The standard InChI is InChI=1S/C16H19ClN4O3S2/c1-2-9-26(23,24)21-8-4-7-13(21)15-19-20-16(25-15)14(22)18-12-6-3-5-11(17)10-12/h3,5-6,10,13H,2,4,7-9H2,1H3,(H,18,22). The second-order valence-electron chi connectivity index (χ2n) is 5.99. The fraction of sp³-hybridized carbons (Fsp3) is 0.438. The van der Waals surface area contributed by atoms with Crippen LogP contribution in [0.1, 0.15) is 47.0 Å². The third-order valence-corrected chi connectivity index (χ3v) is 7.36. The predicted octanol–water partition coefficient (Wildman–Crippen LogP) is 3.32. The van der Waals surface area contributed by atoms with Crippen molar-refractivity contribution < 1.29 is 13.2 Å². The molecule has 10 heteroatoms. The first-order valence-electron chi connectivity index (χ1n) is 8.30. The zero-order valence-electron chi connectivity index (χ0n) is 14.2. The topological polar surface area (TPSA) is 92.3 Å². The van der Waals surface area contributed by atoms with Crippen LogP contribution in [-0.4, -0.2) is 41.1 Å². The van der Waals surface area contributed by atoms with E-state index >= 15 is 0 Å². The Morgan fingerprint density at radius 2 is 2.23 bits per heavy atom. The van der Waals surface area contributed by atoms with Gasteiger partial charge in [-0.25, -0.2) is 8.42 Å². The number of carbonyl (C=O) groups is 1. The fourth-order valence-electron chi connectivity index (χ4n) is 2.91. The number of rotatable bonds is 6. The van der Waals surface area contributed by atoms with E-state index in [4.69, 9.17) is 11.6 Å². The van der Waals surface area contributed by atoms with E-state index in [1.807, 2.05) is 6.92 Å². The van der Waals surface area contributed by atoms with Crippen molar-refractivity contribution in [2.24, 2.45) is 0 Å². The Bertz CT molecular complexity index is 900. The molecule has 7 nitrogen and oxygen atoms in total. The van der Waals surface area contributed by atoms with Crippen LogP contribution in [0.25, 0.3) is 0 Å². The van der Waals surface area contributed by atoms with Gasteiger partial charge in [0, 0.05) is 17.3 Å². The van der Waals surface area contributed by atoms with Crippen molar-refractivity contribution in [2.75, 3.05) is 17.6 Å². The molecule has 26 heavy (non-hydrogen) atoms. The molecule has 0 bridgehead atoms. The molecule has 1 fully saturated rings. The van der Waals surface area contributed by atoms with E-state index in [0.29, 0.717) is 35.1 Å². The van der Waals surface area contributed by atoms with Gasteiger partial charge in [-0.1, -0.05) is 35.9 Å². The van der Waals surface area contributed by atoms with E-state index < -0.39 is 15.9 Å². The molecule has 3 rings (SSSR count). The maximum absolute atomic E-state index is 12.4. The molecule has 1 atom stereocenters. The summed E-state index contributed by atoms with van der Waals surface area (Å²) in [5.74, 6) is -0.276. The maximum Gasteiger partial charge on any atom is 0.286 e. The number of hydrogen-bond acceptors (Lipinski definition) is 6. The average Bonchev–Trinajstić information content (AvgIpc) is 3.24. The normalized spacial score (nSPS) is 18.2. The Morgan fingerprint density at radius 1 is 1.42 bits per heavy atom. The van der Waals surface area contributed by atoms with Crippen molar-refractivity contribution in [1.29, 1.82) is 0 Å². The summed E-state index contributed by atoms with van der Waals surface area (Å²) in [7, 11) is -3.31. The summed E-state index contributed by atoms with van der Waals surface area (Å²) in [6.45, 7) is 2.32. The van der Waals surface area contributed by atoms with Crippen LogP contribution in [0.5, 0.6) is 0 Å². The third kappa shape index (κ3) is 4.22. The SMILES string of the molecule is CCCS(=O)(=O)N1CCCC1c1nnc(C(=O)Nc2cccc(Cl)c2)s1. The number of nitrogens with zero attached hydrogens (tertiary/aromatic N) is 3. The summed E-state index contributed by atoms with van der Waals surface area (Å²) in [5, 5.41) is 12.0. The summed E-state index contributed by atoms with van der Waals surface area (Å²) < 4.78 is 26.3. The summed E-state index contributed by atoms with van der Waals surface area (Å²) in [5.41, 5.74) is 0.562. The largest absolute Gasteiger partial charge is 0.320 e. The summed E-state index contributed by atoms with van der Waals surface area (Å²) in [6.07, 6.45) is 2.03. The lowest BCUT2D eigenvalue weighted by Crippen LogP contribution is -2.32. The molecule has 0 saturated carbocycles. The highest BCUT2D eigenvalue weighted by Crippen LogP contribution is 2.36. The molecule has 1 N–H and O–H groups in total. The molecule has 140 valence electrons. The fourth-order valence-corrected chi connectivity index (χ4v) is 5.80. The highest BCUT2D eigenvalue weighted by atomic mass is 35.5. The van der Waals surface area contributed by atoms with Crippen LogP contribution < -0.4 is 5.32 Å². The van der Waals surface area contributed by atoms with Crippen molar-refractivity contribution >= 4 is 44.6 Å². The van der Waals surface area contributed by atoms with Gasteiger partial charge in [0.2, 0.25) is 15.0 Å². The molecule has 1 aromatic heterocycles. The van der Waals surface area contributed by atoms with Crippen molar-refractivity contribution in [3.05, 3.63) is 39.3 Å². The number of sulfonamides is 1. The Morgan fingerprint density at radius 3 is 2.96 bits per heavy atom. The number of carbonyl (C=O) groups excluding carboxylic acids is 1. The molecule has 2 heterocycles. The monoisotopic (exact) mass is 414 g/mol. The minimum atomic E-state index is -3.31. The molecule has 1 unspecified atom stereocenters. The number of halogens is 1. The molecule has 2 aromatic rings. The second-order valence-corrected chi connectivity index (χ2v) is 9.48. The molecular weight excluding hydrogens is 396 g/mol. The lowest BCUT2D eigenvalue weighted by molar-refractivity contribution is 0.102. The van der Waals surface area contributed by atoms with Crippen molar-refractivity contribution in [1.82, 2.24) is 14.5 Å². The third-order valence-electron chi connectivity index (χ3n) is 4.03. The first-order chi connectivity index (χ1) is 12.4. The molecule has 1 aromatic carbocycles. The Labute approximate surface area is 161 Å². The Hall–Kier alpha value is -1.55. The van der Waals surface area contributed by atoms with Gasteiger partial charge < -0.3 is 5.32 Å². The van der Waals surface area contributed by atoms with Gasteiger partial charge in [0.15, 0.2) is 0 Å². The zero-order valence-corrected chi connectivity index (χ0v) is 16.6. The summed E-state index contributed by atoms with van der Waals surface area (Å²) in [4.78, 5) is 12.4. The molecule has 1 aliphatic heterocycles. The lowest BCUT2D eigenvalue weighted by Gasteiger charge is -2.21. The first kappa shape index (κ1) is 19.2. The number of hydrogen-bond donors (Lipinski definition) is 1. The number of nitrogens with one attached hydrogen (secondary N) is 1. The van der Waals surface area contributed by atoms with E-state index in [9.17, 15) is 13.2 Å². The highest BCUT2D eigenvalue weighted by molar-refractivity contribution is 7.89. The lowest BCUT2D eigenvalue weighted by atomic mass is 10.2. The van der Waals surface area contributed by atoms with Gasteiger partial charge in [0.05, 0.1) is 11.8 Å². The van der Waals surface area contributed by atoms with Crippen LogP contribution in [0.4, 0.5) is 5.69 Å². The van der Waals surface area contributed by atoms with E-state index in [0.717, 1.165) is 17.8 Å². The maximum atomic E-state index is 12.4. The van der Waals surface area contributed by atoms with E-state index in [2.05, 4.69) is 15.5 Å². The minimum Gasteiger partial charge on any atom is -0.320 e. The van der Waals surface area contributed by atoms with Crippen LogP contribution in [0.2, 0.25) is 5.02 Å². The van der Waals surface area contributed by atoms with Crippen molar-refractivity contribution in [3.8, 4) is 0 Å². The van der Waals surface area contributed by atoms with Crippen LogP contribution >= 0.6 is 22.9 Å². The Kier molecular flexibility index (Phi) is 5.91. The average molecular weight is 415 g/mol. The van der Waals surface area contributed by atoms with Crippen LogP contribution in [0.3, 0.4) is 0 Å². The van der Waals surface area contributed by atoms with Crippen molar-refractivity contribution in [2.45, 2.75) is 32.2 Å². The highest BCUT2D eigenvalue weighted by Gasteiger charge is 2.37. The van der Waals surface area contributed by atoms with Gasteiger partial charge in [-0.2, -0.15) is 4.31 Å². The zero-order chi connectivity index (χ0) is 18.7. The Balaban J connectivity index is 1.75. The second kappa shape index (κ2) is 7.99. The number of anilines is 1. The van der Waals surface area contributed by atoms with Gasteiger partial charge in [-0.3, -0.25) is 4.79 Å². The minimum absolute atomic E-state index is 0.115.